The molecule has 0 aromatic heterocycles. The number of benzene rings is 2. The SMILES string of the molecule is C[C@@H](NC(=O)COC(=O)c1cccc(F)c1)c1ccc(Cl)cc1Cl. The lowest BCUT2D eigenvalue weighted by molar-refractivity contribution is -0.124. The van der Waals surface area contributed by atoms with Crippen LogP contribution in [0.3, 0.4) is 0 Å². The van der Waals surface area contributed by atoms with Crippen LogP contribution < -0.4 is 5.32 Å². The third-order valence-corrected chi connectivity index (χ3v) is 3.76. The van der Waals surface area contributed by atoms with Crippen molar-refractivity contribution in [1.82, 2.24) is 5.32 Å². The smallest absolute Gasteiger partial charge is 0.338 e. The summed E-state index contributed by atoms with van der Waals surface area (Å²) < 4.78 is 17.9. The summed E-state index contributed by atoms with van der Waals surface area (Å²) >= 11 is 11.9. The molecule has 0 spiro atoms. The fourth-order valence-electron chi connectivity index (χ4n) is 2.04. The number of nitrogens with one attached hydrogen (secondary N) is 1. The Labute approximate surface area is 148 Å². The zero-order valence-corrected chi connectivity index (χ0v) is 14.2. The molecule has 7 heteroatoms. The molecule has 0 aliphatic heterocycles. The zero-order valence-electron chi connectivity index (χ0n) is 12.7. The van der Waals surface area contributed by atoms with E-state index >= 15 is 0 Å². The summed E-state index contributed by atoms with van der Waals surface area (Å²) in [4.78, 5) is 23.6. The van der Waals surface area contributed by atoms with Crippen LogP contribution in [0.5, 0.6) is 0 Å². The summed E-state index contributed by atoms with van der Waals surface area (Å²) in [5.74, 6) is -1.83. The van der Waals surface area contributed by atoms with Crippen molar-refractivity contribution in [1.29, 1.82) is 0 Å². The second kappa shape index (κ2) is 8.13. The third-order valence-electron chi connectivity index (χ3n) is 3.20. The Morgan fingerprint density at radius 3 is 2.62 bits per heavy atom. The molecular weight excluding hydrogens is 356 g/mol. The van der Waals surface area contributed by atoms with Gasteiger partial charge in [0, 0.05) is 10.0 Å². The predicted octanol–water partition coefficient (Wildman–Crippen LogP) is 4.17. The minimum Gasteiger partial charge on any atom is -0.452 e. The molecule has 1 amide bonds. The van der Waals surface area contributed by atoms with Crippen molar-refractivity contribution in [3.63, 3.8) is 0 Å². The molecule has 0 aliphatic carbocycles. The average Bonchev–Trinajstić information content (AvgIpc) is 2.52. The van der Waals surface area contributed by atoms with Gasteiger partial charge in [0.2, 0.25) is 0 Å². The van der Waals surface area contributed by atoms with Gasteiger partial charge in [-0.05, 0) is 42.8 Å². The van der Waals surface area contributed by atoms with Gasteiger partial charge in [0.25, 0.3) is 5.91 Å². The van der Waals surface area contributed by atoms with Crippen LogP contribution in [0, 0.1) is 5.82 Å². The summed E-state index contributed by atoms with van der Waals surface area (Å²) in [5, 5.41) is 3.57. The summed E-state index contributed by atoms with van der Waals surface area (Å²) in [7, 11) is 0. The molecule has 0 aliphatic rings. The second-order valence-corrected chi connectivity index (χ2v) is 5.89. The monoisotopic (exact) mass is 369 g/mol. The van der Waals surface area contributed by atoms with Gasteiger partial charge in [-0.15, -0.1) is 0 Å². The lowest BCUT2D eigenvalue weighted by Crippen LogP contribution is -2.31. The van der Waals surface area contributed by atoms with E-state index in [1.165, 1.54) is 18.2 Å². The fourth-order valence-corrected chi connectivity index (χ4v) is 2.62. The Balaban J connectivity index is 1.90. The van der Waals surface area contributed by atoms with Crippen LogP contribution in [0.4, 0.5) is 4.39 Å². The molecular formula is C17H14Cl2FNO3. The van der Waals surface area contributed by atoms with E-state index < -0.39 is 30.3 Å². The van der Waals surface area contributed by atoms with Gasteiger partial charge in [-0.3, -0.25) is 4.79 Å². The van der Waals surface area contributed by atoms with Crippen molar-refractivity contribution in [2.75, 3.05) is 6.61 Å². The van der Waals surface area contributed by atoms with E-state index in [-0.39, 0.29) is 5.56 Å². The molecule has 0 radical (unpaired) electrons. The molecule has 1 N–H and O–H groups in total. The zero-order chi connectivity index (χ0) is 17.7. The van der Waals surface area contributed by atoms with Crippen molar-refractivity contribution in [2.45, 2.75) is 13.0 Å². The Morgan fingerprint density at radius 1 is 1.21 bits per heavy atom. The highest BCUT2D eigenvalue weighted by molar-refractivity contribution is 6.35. The highest BCUT2D eigenvalue weighted by Gasteiger charge is 2.15. The lowest BCUT2D eigenvalue weighted by atomic mass is 10.1. The molecule has 4 nitrogen and oxygen atoms in total. The standard InChI is InChI=1S/C17H14Cl2FNO3/c1-10(14-6-5-12(18)8-15(14)19)21-16(22)9-24-17(23)11-3-2-4-13(20)7-11/h2-8,10H,9H2,1H3,(H,21,22)/t10-/m1/s1. The number of esters is 1. The van der Waals surface area contributed by atoms with Crippen molar-refractivity contribution in [3.8, 4) is 0 Å². The average molecular weight is 370 g/mol. The molecule has 0 heterocycles. The maximum atomic E-state index is 13.0. The van der Waals surface area contributed by atoms with Gasteiger partial charge in [0.05, 0.1) is 11.6 Å². The van der Waals surface area contributed by atoms with Gasteiger partial charge in [0.15, 0.2) is 6.61 Å². The summed E-state index contributed by atoms with van der Waals surface area (Å²) in [5.41, 5.74) is 0.725. The normalized spacial score (nSPS) is 11.7. The minimum absolute atomic E-state index is 0.0385. The number of amides is 1. The summed E-state index contributed by atoms with van der Waals surface area (Å²) in [6.45, 7) is 1.26. The van der Waals surface area contributed by atoms with Gasteiger partial charge >= 0.3 is 5.97 Å². The van der Waals surface area contributed by atoms with Crippen LogP contribution in [0.25, 0.3) is 0 Å². The molecule has 1 atom stereocenters. The van der Waals surface area contributed by atoms with Crippen molar-refractivity contribution < 1.29 is 18.7 Å². The van der Waals surface area contributed by atoms with Gasteiger partial charge in [-0.1, -0.05) is 35.3 Å². The van der Waals surface area contributed by atoms with Crippen LogP contribution in [-0.4, -0.2) is 18.5 Å². The molecule has 0 saturated carbocycles. The summed E-state index contributed by atoms with van der Waals surface area (Å²) in [6.07, 6.45) is 0. The molecule has 2 aromatic rings. The molecule has 0 fully saturated rings. The number of hydrogen-bond acceptors (Lipinski definition) is 3. The molecule has 126 valence electrons. The first-order chi connectivity index (χ1) is 11.4. The maximum absolute atomic E-state index is 13.0. The van der Waals surface area contributed by atoms with E-state index in [1.54, 1.807) is 25.1 Å². The first-order valence-corrected chi connectivity index (χ1v) is 7.79. The topological polar surface area (TPSA) is 55.4 Å². The van der Waals surface area contributed by atoms with E-state index in [0.29, 0.717) is 15.6 Å². The first kappa shape index (κ1) is 18.2. The molecule has 0 saturated heterocycles. The minimum atomic E-state index is -0.776. The largest absolute Gasteiger partial charge is 0.452 e. The molecule has 2 aromatic carbocycles. The lowest BCUT2D eigenvalue weighted by Gasteiger charge is -2.16. The third kappa shape index (κ3) is 4.94. The number of rotatable bonds is 5. The van der Waals surface area contributed by atoms with Crippen LogP contribution in [0.1, 0.15) is 28.9 Å². The number of carbonyl (C=O) groups is 2. The Kier molecular flexibility index (Phi) is 6.17. The maximum Gasteiger partial charge on any atom is 0.338 e. The molecule has 0 bridgehead atoms. The van der Waals surface area contributed by atoms with Crippen molar-refractivity contribution in [3.05, 3.63) is 69.5 Å². The van der Waals surface area contributed by atoms with E-state index in [2.05, 4.69) is 5.32 Å². The predicted molar refractivity (Wildman–Crippen MR) is 89.7 cm³/mol. The molecule has 2 rings (SSSR count). The molecule has 0 unspecified atom stereocenters. The van der Waals surface area contributed by atoms with Gasteiger partial charge < -0.3 is 10.1 Å². The summed E-state index contributed by atoms with van der Waals surface area (Å²) in [6, 6.07) is 9.58. The second-order valence-electron chi connectivity index (χ2n) is 5.04. The van der Waals surface area contributed by atoms with Crippen LogP contribution >= 0.6 is 23.2 Å². The van der Waals surface area contributed by atoms with E-state index in [9.17, 15) is 14.0 Å². The number of halogens is 3. The Hall–Kier alpha value is -2.11. The number of hydrogen-bond donors (Lipinski definition) is 1. The van der Waals surface area contributed by atoms with Crippen molar-refractivity contribution in [2.24, 2.45) is 0 Å². The Morgan fingerprint density at radius 2 is 1.96 bits per heavy atom. The van der Waals surface area contributed by atoms with Crippen LogP contribution in [-0.2, 0) is 9.53 Å². The van der Waals surface area contributed by atoms with Gasteiger partial charge in [0.1, 0.15) is 5.82 Å². The highest BCUT2D eigenvalue weighted by atomic mass is 35.5. The van der Waals surface area contributed by atoms with Gasteiger partial charge in [-0.25, -0.2) is 9.18 Å². The first-order valence-electron chi connectivity index (χ1n) is 7.04. The van der Waals surface area contributed by atoms with E-state index in [0.717, 1.165) is 6.07 Å². The molecule has 24 heavy (non-hydrogen) atoms. The quantitative estimate of drug-likeness (QED) is 0.804. The van der Waals surface area contributed by atoms with Crippen molar-refractivity contribution >= 4 is 35.1 Å². The number of carbonyl (C=O) groups excluding carboxylic acids is 2. The van der Waals surface area contributed by atoms with Crippen LogP contribution in [0.2, 0.25) is 10.0 Å². The number of ether oxygens (including phenoxy) is 1. The van der Waals surface area contributed by atoms with E-state index in [1.807, 2.05) is 0 Å². The Bertz CT molecular complexity index is 767. The fraction of sp³-hybridized carbons (Fsp3) is 0.176. The van der Waals surface area contributed by atoms with Gasteiger partial charge in [-0.2, -0.15) is 0 Å². The highest BCUT2D eigenvalue weighted by Crippen LogP contribution is 2.25. The van der Waals surface area contributed by atoms with Crippen LogP contribution in [0.15, 0.2) is 42.5 Å². The van der Waals surface area contributed by atoms with E-state index in [4.69, 9.17) is 27.9 Å².